The first-order chi connectivity index (χ1) is 7.61. The number of rotatable bonds is 7. The normalized spacial score (nSPS) is 24.2. The van der Waals surface area contributed by atoms with Crippen molar-refractivity contribution in [3.63, 3.8) is 0 Å². The van der Waals surface area contributed by atoms with E-state index in [0.717, 1.165) is 24.8 Å². The first-order valence-corrected chi connectivity index (χ1v) is 6.68. The van der Waals surface area contributed by atoms with E-state index in [0.29, 0.717) is 12.6 Å². The van der Waals surface area contributed by atoms with E-state index in [2.05, 4.69) is 31.0 Å². The number of hydrogen-bond donors (Lipinski definition) is 2. The molecule has 96 valence electrons. The number of hydrogen-bond acceptors (Lipinski definition) is 3. The summed E-state index contributed by atoms with van der Waals surface area (Å²) in [5, 5.41) is 12.4. The Morgan fingerprint density at radius 3 is 2.75 bits per heavy atom. The van der Waals surface area contributed by atoms with Gasteiger partial charge in [-0.05, 0) is 37.8 Å². The number of nitrogens with zero attached hydrogens (tertiary/aromatic N) is 1. The smallest absolute Gasteiger partial charge is 0.0434 e. The van der Waals surface area contributed by atoms with Gasteiger partial charge in [0.1, 0.15) is 0 Å². The average molecular weight is 228 g/mol. The molecule has 0 saturated carbocycles. The van der Waals surface area contributed by atoms with Crippen molar-refractivity contribution in [2.24, 2.45) is 11.8 Å². The van der Waals surface area contributed by atoms with E-state index in [1.54, 1.807) is 0 Å². The lowest BCUT2D eigenvalue weighted by atomic mass is 10.1. The fourth-order valence-electron chi connectivity index (χ4n) is 2.44. The highest BCUT2D eigenvalue weighted by Crippen LogP contribution is 2.19. The summed E-state index contributed by atoms with van der Waals surface area (Å²) in [4.78, 5) is 2.55. The Balaban J connectivity index is 2.13. The minimum absolute atomic E-state index is 0.350. The molecule has 0 aromatic carbocycles. The van der Waals surface area contributed by atoms with Crippen LogP contribution in [0.3, 0.4) is 0 Å². The molecule has 0 radical (unpaired) electrons. The highest BCUT2D eigenvalue weighted by atomic mass is 16.3. The van der Waals surface area contributed by atoms with E-state index >= 15 is 0 Å². The standard InChI is InChI=1S/C13H28N2O/c1-11(2)14-8-12(3)9-15-6-4-13(10-15)5-7-16/h11-14,16H,4-10H2,1-3H3. The van der Waals surface area contributed by atoms with Gasteiger partial charge in [0, 0.05) is 25.7 Å². The second kappa shape index (κ2) is 7.25. The minimum Gasteiger partial charge on any atom is -0.396 e. The molecular weight excluding hydrogens is 200 g/mol. The third-order valence-corrected chi connectivity index (χ3v) is 3.35. The van der Waals surface area contributed by atoms with Crippen LogP contribution < -0.4 is 5.32 Å². The molecule has 0 aromatic rings. The van der Waals surface area contributed by atoms with Gasteiger partial charge in [-0.3, -0.25) is 0 Å². The maximum absolute atomic E-state index is 8.91. The molecule has 1 saturated heterocycles. The van der Waals surface area contributed by atoms with Crippen LogP contribution in [-0.4, -0.2) is 48.8 Å². The van der Waals surface area contributed by atoms with Crippen molar-refractivity contribution in [2.75, 3.05) is 32.8 Å². The van der Waals surface area contributed by atoms with E-state index in [1.165, 1.54) is 26.1 Å². The molecule has 2 unspecified atom stereocenters. The van der Waals surface area contributed by atoms with Crippen molar-refractivity contribution in [1.82, 2.24) is 10.2 Å². The van der Waals surface area contributed by atoms with Gasteiger partial charge in [0.05, 0.1) is 0 Å². The lowest BCUT2D eigenvalue weighted by Crippen LogP contribution is -2.34. The van der Waals surface area contributed by atoms with Crippen molar-refractivity contribution in [2.45, 2.75) is 39.7 Å². The third-order valence-electron chi connectivity index (χ3n) is 3.35. The second-order valence-electron chi connectivity index (χ2n) is 5.59. The van der Waals surface area contributed by atoms with Gasteiger partial charge in [-0.1, -0.05) is 20.8 Å². The molecule has 2 N–H and O–H groups in total. The summed E-state index contributed by atoms with van der Waals surface area (Å²) < 4.78 is 0. The summed E-state index contributed by atoms with van der Waals surface area (Å²) in [6, 6.07) is 0.586. The summed E-state index contributed by atoms with van der Waals surface area (Å²) in [5.74, 6) is 1.45. The summed E-state index contributed by atoms with van der Waals surface area (Å²) >= 11 is 0. The SMILES string of the molecule is CC(CNC(C)C)CN1CCC(CCO)C1. The van der Waals surface area contributed by atoms with E-state index < -0.39 is 0 Å². The van der Waals surface area contributed by atoms with Gasteiger partial charge in [-0.15, -0.1) is 0 Å². The molecular formula is C13H28N2O. The molecule has 0 bridgehead atoms. The second-order valence-corrected chi connectivity index (χ2v) is 5.59. The van der Waals surface area contributed by atoms with Crippen LogP contribution in [0.1, 0.15) is 33.6 Å². The number of nitrogens with one attached hydrogen (secondary N) is 1. The molecule has 0 aromatic heterocycles. The zero-order valence-electron chi connectivity index (χ0n) is 11.1. The molecule has 1 fully saturated rings. The van der Waals surface area contributed by atoms with Gasteiger partial charge in [-0.25, -0.2) is 0 Å². The van der Waals surface area contributed by atoms with Crippen LogP contribution in [-0.2, 0) is 0 Å². The maximum Gasteiger partial charge on any atom is 0.0434 e. The quantitative estimate of drug-likeness (QED) is 0.690. The summed E-state index contributed by atoms with van der Waals surface area (Å²) in [7, 11) is 0. The molecule has 1 aliphatic heterocycles. The molecule has 3 nitrogen and oxygen atoms in total. The van der Waals surface area contributed by atoms with Gasteiger partial charge in [0.25, 0.3) is 0 Å². The van der Waals surface area contributed by atoms with Crippen LogP contribution >= 0.6 is 0 Å². The zero-order chi connectivity index (χ0) is 12.0. The van der Waals surface area contributed by atoms with Crippen molar-refractivity contribution in [1.29, 1.82) is 0 Å². The first-order valence-electron chi connectivity index (χ1n) is 6.68. The molecule has 1 rings (SSSR count). The maximum atomic E-state index is 8.91. The Morgan fingerprint density at radius 2 is 2.12 bits per heavy atom. The van der Waals surface area contributed by atoms with Crippen LogP contribution in [0.25, 0.3) is 0 Å². The summed E-state index contributed by atoms with van der Waals surface area (Å²) in [5.41, 5.74) is 0. The van der Waals surface area contributed by atoms with E-state index in [9.17, 15) is 0 Å². The molecule has 3 heteroatoms. The predicted molar refractivity (Wildman–Crippen MR) is 68.6 cm³/mol. The number of aliphatic hydroxyl groups is 1. The monoisotopic (exact) mass is 228 g/mol. The van der Waals surface area contributed by atoms with Gasteiger partial charge in [0.15, 0.2) is 0 Å². The summed E-state index contributed by atoms with van der Waals surface area (Å²) in [6.07, 6.45) is 2.25. The third kappa shape index (κ3) is 5.28. The average Bonchev–Trinajstić information content (AvgIpc) is 2.63. The summed E-state index contributed by atoms with van der Waals surface area (Å²) in [6.45, 7) is 11.8. The predicted octanol–water partition coefficient (Wildman–Crippen LogP) is 1.32. The van der Waals surface area contributed by atoms with Gasteiger partial charge in [-0.2, -0.15) is 0 Å². The van der Waals surface area contributed by atoms with Gasteiger partial charge < -0.3 is 15.3 Å². The minimum atomic E-state index is 0.350. The highest BCUT2D eigenvalue weighted by molar-refractivity contribution is 4.77. The van der Waals surface area contributed by atoms with Gasteiger partial charge >= 0.3 is 0 Å². The van der Waals surface area contributed by atoms with E-state index in [4.69, 9.17) is 5.11 Å². The van der Waals surface area contributed by atoms with Crippen molar-refractivity contribution >= 4 is 0 Å². The van der Waals surface area contributed by atoms with Crippen LogP contribution in [0.15, 0.2) is 0 Å². The van der Waals surface area contributed by atoms with Crippen molar-refractivity contribution in [3.05, 3.63) is 0 Å². The Bertz CT molecular complexity index is 185. The Morgan fingerprint density at radius 1 is 1.38 bits per heavy atom. The Kier molecular flexibility index (Phi) is 6.32. The fourth-order valence-corrected chi connectivity index (χ4v) is 2.44. The van der Waals surface area contributed by atoms with E-state index in [1.807, 2.05) is 0 Å². The van der Waals surface area contributed by atoms with Crippen LogP contribution in [0, 0.1) is 11.8 Å². The Labute approximate surface area is 100 Å². The molecule has 16 heavy (non-hydrogen) atoms. The fraction of sp³-hybridized carbons (Fsp3) is 1.00. The largest absolute Gasteiger partial charge is 0.396 e. The number of likely N-dealkylation sites (tertiary alicyclic amines) is 1. The molecule has 1 heterocycles. The Hall–Kier alpha value is -0.120. The lowest BCUT2D eigenvalue weighted by Gasteiger charge is -2.22. The van der Waals surface area contributed by atoms with Gasteiger partial charge in [0.2, 0.25) is 0 Å². The molecule has 0 aliphatic carbocycles. The lowest BCUT2D eigenvalue weighted by molar-refractivity contribution is 0.240. The molecule has 2 atom stereocenters. The molecule has 0 amide bonds. The first kappa shape index (κ1) is 13.9. The topological polar surface area (TPSA) is 35.5 Å². The molecule has 1 aliphatic rings. The van der Waals surface area contributed by atoms with E-state index in [-0.39, 0.29) is 0 Å². The number of aliphatic hydroxyl groups excluding tert-OH is 1. The van der Waals surface area contributed by atoms with Crippen molar-refractivity contribution in [3.8, 4) is 0 Å². The molecule has 0 spiro atoms. The van der Waals surface area contributed by atoms with Crippen LogP contribution in [0.2, 0.25) is 0 Å². The zero-order valence-corrected chi connectivity index (χ0v) is 11.1. The highest BCUT2D eigenvalue weighted by Gasteiger charge is 2.22. The van der Waals surface area contributed by atoms with Crippen LogP contribution in [0.4, 0.5) is 0 Å². The van der Waals surface area contributed by atoms with Crippen LogP contribution in [0.5, 0.6) is 0 Å². The van der Waals surface area contributed by atoms with Crippen molar-refractivity contribution < 1.29 is 5.11 Å².